The second-order valence-corrected chi connectivity index (χ2v) is 13.1. The summed E-state index contributed by atoms with van der Waals surface area (Å²) in [7, 11) is 0. The van der Waals surface area contributed by atoms with Gasteiger partial charge >= 0.3 is 6.09 Å². The van der Waals surface area contributed by atoms with Crippen LogP contribution in [0.1, 0.15) is 107 Å². The molecule has 0 fully saturated rings. The first kappa shape index (κ1) is 36.8. The number of nitrogens with two attached hydrogens (primary N) is 1. The number of unbranched alkanes of at least 4 members (excludes halogenated alkanes) is 1. The minimum Gasteiger partial charge on any atom is -0.444 e. The van der Waals surface area contributed by atoms with E-state index in [9.17, 15) is 9.59 Å². The Morgan fingerprint density at radius 1 is 0.837 bits per heavy atom. The lowest BCUT2D eigenvalue weighted by molar-refractivity contribution is 0.0526. The molecule has 0 spiro atoms. The van der Waals surface area contributed by atoms with E-state index in [-0.39, 0.29) is 18.0 Å². The number of rotatable bonds is 14. The van der Waals surface area contributed by atoms with E-state index in [1.165, 1.54) is 0 Å². The van der Waals surface area contributed by atoms with Gasteiger partial charge in [-0.1, -0.05) is 55.8 Å². The number of ether oxygens (including phenoxy) is 1. The maximum atomic E-state index is 12.6. The first-order valence-corrected chi connectivity index (χ1v) is 17.1. The number of H-pyrrole nitrogens is 2. The average molecular weight is 667 g/mol. The molecule has 5 aromatic rings. The molecule has 0 unspecified atom stereocenters. The number of carbonyl (C=O) groups is 2. The van der Waals surface area contributed by atoms with Crippen molar-refractivity contribution in [1.82, 2.24) is 30.6 Å². The lowest BCUT2D eigenvalue weighted by Crippen LogP contribution is -2.33. The number of hydrogen-bond donors (Lipinski definition) is 6. The Morgan fingerprint density at radius 3 is 2.04 bits per heavy atom. The molecule has 2 amide bonds. The van der Waals surface area contributed by atoms with Crippen molar-refractivity contribution in [3.8, 4) is 0 Å². The van der Waals surface area contributed by atoms with E-state index in [1.54, 1.807) is 0 Å². The van der Waals surface area contributed by atoms with Crippen molar-refractivity contribution in [2.45, 2.75) is 90.3 Å². The molecule has 5 rings (SSSR count). The summed E-state index contributed by atoms with van der Waals surface area (Å²) in [6.07, 6.45) is 5.38. The Bertz CT molecular complexity index is 1720. The van der Waals surface area contributed by atoms with Crippen LogP contribution < -0.4 is 16.4 Å². The summed E-state index contributed by atoms with van der Waals surface area (Å²) in [5, 5.41) is 13.6. The molecular formula is C38H50N8O3. The Balaban J connectivity index is 0.000000226. The number of nitrogens with one attached hydrogen (secondary N) is 5. The van der Waals surface area contributed by atoms with E-state index in [0.29, 0.717) is 12.1 Å². The summed E-state index contributed by atoms with van der Waals surface area (Å²) in [6.45, 7) is 8.06. The predicted molar refractivity (Wildman–Crippen MR) is 196 cm³/mol. The number of aromatic nitrogens is 4. The summed E-state index contributed by atoms with van der Waals surface area (Å²) in [5.41, 5.74) is 10.9. The zero-order chi connectivity index (χ0) is 35.2. The first-order valence-electron chi connectivity index (χ1n) is 17.1. The summed E-state index contributed by atoms with van der Waals surface area (Å²) in [4.78, 5) is 39.9. The highest BCUT2D eigenvalue weighted by molar-refractivity contribution is 5.94. The molecule has 7 N–H and O–H groups in total. The fraction of sp³-hybridized carbons (Fsp3) is 0.395. The summed E-state index contributed by atoms with van der Waals surface area (Å²) < 4.78 is 5.17. The number of carbonyl (C=O) groups excluding carboxylic acids is 2. The molecule has 0 bridgehead atoms. The van der Waals surface area contributed by atoms with Gasteiger partial charge in [0.25, 0.3) is 5.91 Å². The van der Waals surface area contributed by atoms with Crippen LogP contribution in [0.2, 0.25) is 0 Å². The van der Waals surface area contributed by atoms with Crippen LogP contribution in [0.3, 0.4) is 0 Å². The molecule has 2 aromatic heterocycles. The van der Waals surface area contributed by atoms with E-state index >= 15 is 0 Å². The van der Waals surface area contributed by atoms with Gasteiger partial charge in [0.05, 0.1) is 34.2 Å². The highest BCUT2D eigenvalue weighted by atomic mass is 16.6. The largest absolute Gasteiger partial charge is 0.444 e. The normalized spacial score (nSPS) is 12.5. The highest BCUT2D eigenvalue weighted by Crippen LogP contribution is 2.22. The first-order chi connectivity index (χ1) is 23.5. The van der Waals surface area contributed by atoms with Gasteiger partial charge in [-0.2, -0.15) is 0 Å². The van der Waals surface area contributed by atoms with Crippen LogP contribution in [0.5, 0.6) is 0 Å². The second-order valence-electron chi connectivity index (χ2n) is 13.1. The number of imidazole rings is 2. The van der Waals surface area contributed by atoms with Crippen LogP contribution in [0, 0.1) is 5.41 Å². The molecule has 0 saturated carbocycles. The number of para-hydroxylation sites is 4. The van der Waals surface area contributed by atoms with Crippen LogP contribution in [-0.2, 0) is 4.74 Å². The van der Waals surface area contributed by atoms with Gasteiger partial charge in [-0.25, -0.2) is 14.8 Å². The summed E-state index contributed by atoms with van der Waals surface area (Å²) in [6, 6.07) is 24.6. The molecule has 2 atom stereocenters. The molecule has 260 valence electrons. The van der Waals surface area contributed by atoms with Crippen LogP contribution in [0.4, 0.5) is 4.79 Å². The average Bonchev–Trinajstić information content (AvgIpc) is 3.72. The van der Waals surface area contributed by atoms with Crippen LogP contribution in [-0.4, -0.2) is 49.8 Å². The molecule has 2 heterocycles. The maximum absolute atomic E-state index is 12.6. The quantitative estimate of drug-likeness (QED) is 0.0519. The minimum absolute atomic E-state index is 0.0950. The second kappa shape index (κ2) is 17.9. The third kappa shape index (κ3) is 11.9. The molecule has 0 saturated heterocycles. The third-order valence-corrected chi connectivity index (χ3v) is 7.85. The standard InChI is InChI=1S/C22H26N4O.C16H24N4O2/c1-2-17(23)12-6-7-15-20(26-22(27)16-10-4-3-5-11-16)21-24-18-13-8-9-14-19(18)25-21;1-16(2,3)22-15(21)18-10-6-7-11(17)14-19-12-8-4-5-9-13(12)20-14/h3-5,8-11,13-14,20,23H,2,6-7,12,15H2,1H3,(H,24,25)(H,26,27);4-5,8-9,11H,6-7,10,17H2,1-3H3,(H,18,21)(H,19,20)/t20-;11-/m00/s1. The maximum Gasteiger partial charge on any atom is 0.407 e. The molecule has 49 heavy (non-hydrogen) atoms. The molecule has 0 aliphatic heterocycles. The van der Waals surface area contributed by atoms with Gasteiger partial charge in [-0.05, 0) is 95.7 Å². The number of fused-ring (bicyclic) bond motifs is 2. The zero-order valence-corrected chi connectivity index (χ0v) is 29.0. The Morgan fingerprint density at radius 2 is 1.43 bits per heavy atom. The lowest BCUT2D eigenvalue weighted by Gasteiger charge is -2.19. The number of benzene rings is 3. The van der Waals surface area contributed by atoms with Crippen molar-refractivity contribution in [2.24, 2.45) is 5.73 Å². The molecular weight excluding hydrogens is 616 g/mol. The van der Waals surface area contributed by atoms with E-state index < -0.39 is 11.7 Å². The predicted octanol–water partition coefficient (Wildman–Crippen LogP) is 7.89. The molecule has 11 nitrogen and oxygen atoms in total. The van der Waals surface area contributed by atoms with Crippen LogP contribution in [0.15, 0.2) is 78.9 Å². The van der Waals surface area contributed by atoms with Gasteiger partial charge in [0.1, 0.15) is 17.2 Å². The van der Waals surface area contributed by atoms with E-state index in [1.807, 2.05) is 107 Å². The minimum atomic E-state index is -0.477. The summed E-state index contributed by atoms with van der Waals surface area (Å²) >= 11 is 0. The number of alkyl carbamates (subject to hydrolysis) is 1. The third-order valence-electron chi connectivity index (χ3n) is 7.85. The topological polar surface area (TPSA) is 175 Å². The Kier molecular flexibility index (Phi) is 13.5. The smallest absolute Gasteiger partial charge is 0.407 e. The van der Waals surface area contributed by atoms with Crippen molar-refractivity contribution in [3.63, 3.8) is 0 Å². The van der Waals surface area contributed by atoms with Crippen molar-refractivity contribution >= 4 is 39.8 Å². The van der Waals surface area contributed by atoms with Crippen molar-refractivity contribution < 1.29 is 14.3 Å². The molecule has 0 aliphatic carbocycles. The van der Waals surface area contributed by atoms with Crippen molar-refractivity contribution in [3.05, 3.63) is 96.1 Å². The van der Waals surface area contributed by atoms with Crippen molar-refractivity contribution in [1.29, 1.82) is 5.41 Å². The Hall–Kier alpha value is -5.03. The number of nitrogens with zero attached hydrogens (tertiary/aromatic N) is 2. The van der Waals surface area contributed by atoms with Crippen LogP contribution in [0.25, 0.3) is 22.1 Å². The van der Waals surface area contributed by atoms with Gasteiger partial charge in [0, 0.05) is 17.8 Å². The van der Waals surface area contributed by atoms with E-state index in [0.717, 1.165) is 84.4 Å². The lowest BCUT2D eigenvalue weighted by atomic mass is 10.0. The van der Waals surface area contributed by atoms with Gasteiger partial charge in [0.15, 0.2) is 0 Å². The molecule has 0 radical (unpaired) electrons. The zero-order valence-electron chi connectivity index (χ0n) is 29.0. The van der Waals surface area contributed by atoms with Crippen LogP contribution >= 0.6 is 0 Å². The monoisotopic (exact) mass is 666 g/mol. The van der Waals surface area contributed by atoms with Crippen molar-refractivity contribution in [2.75, 3.05) is 6.54 Å². The number of amides is 2. The van der Waals surface area contributed by atoms with Gasteiger partial charge < -0.3 is 36.5 Å². The molecule has 0 aliphatic rings. The fourth-order valence-corrected chi connectivity index (χ4v) is 5.22. The summed E-state index contributed by atoms with van der Waals surface area (Å²) in [5.74, 6) is 1.46. The fourth-order valence-electron chi connectivity index (χ4n) is 5.22. The van der Waals surface area contributed by atoms with E-state index in [4.69, 9.17) is 15.9 Å². The number of aromatic amines is 2. The molecule has 11 heteroatoms. The molecule has 3 aromatic carbocycles. The van der Waals surface area contributed by atoms with Gasteiger partial charge in [-0.3, -0.25) is 4.79 Å². The van der Waals surface area contributed by atoms with Gasteiger partial charge in [-0.15, -0.1) is 0 Å². The van der Waals surface area contributed by atoms with Gasteiger partial charge in [0.2, 0.25) is 0 Å². The van der Waals surface area contributed by atoms with E-state index in [2.05, 4.69) is 30.6 Å². The Labute approximate surface area is 288 Å². The SMILES string of the molecule is CC(C)(C)OC(=O)NCCC[C@H](N)c1nc2ccccc2[nH]1.CCC(=N)CCCC[C@H](NC(=O)c1ccccc1)c1nc2ccccc2[nH]1. The highest BCUT2D eigenvalue weighted by Gasteiger charge is 2.19. The number of hydrogen-bond acceptors (Lipinski definition) is 7.